The van der Waals surface area contributed by atoms with Gasteiger partial charge >= 0.3 is 12.1 Å². The number of carboxylic acids is 1. The molecule has 0 spiro atoms. The highest BCUT2D eigenvalue weighted by atomic mass is 16.5. The summed E-state index contributed by atoms with van der Waals surface area (Å²) in [5, 5.41) is 11.5. The van der Waals surface area contributed by atoms with Crippen molar-refractivity contribution in [2.24, 2.45) is 0 Å². The molecule has 0 unspecified atom stereocenters. The zero-order valence-electron chi connectivity index (χ0n) is 13.9. The standard InChI is InChI=1S/C17H18N2O6/c1-4-11-8-14-13(7-12(11)9-15(20)21)19(16(22)10(2)25-14)6-5-18-17(23)24-3/h1,7-8,10H,5-6,9H2,2-3H3,(H,18,23)(H,20,21)/t10-/m1/s1. The zero-order valence-corrected chi connectivity index (χ0v) is 13.9. The Labute approximate surface area is 144 Å². The Morgan fingerprint density at radius 3 is 2.80 bits per heavy atom. The van der Waals surface area contributed by atoms with Gasteiger partial charge in [0.2, 0.25) is 0 Å². The van der Waals surface area contributed by atoms with E-state index in [-0.39, 0.29) is 25.4 Å². The molecule has 1 aliphatic heterocycles. The van der Waals surface area contributed by atoms with Crippen LogP contribution in [0, 0.1) is 12.3 Å². The molecule has 0 radical (unpaired) electrons. The second-order valence-corrected chi connectivity index (χ2v) is 5.36. The number of carboxylic acid groups (broad SMARTS) is 1. The summed E-state index contributed by atoms with van der Waals surface area (Å²) in [6.45, 7) is 1.94. The predicted octanol–water partition coefficient (Wildman–Crippen LogP) is 0.765. The average molecular weight is 346 g/mol. The van der Waals surface area contributed by atoms with E-state index in [1.165, 1.54) is 12.0 Å². The van der Waals surface area contributed by atoms with Crippen molar-refractivity contribution in [1.82, 2.24) is 5.32 Å². The fourth-order valence-electron chi connectivity index (χ4n) is 2.51. The first-order chi connectivity index (χ1) is 11.9. The number of terminal acetylenes is 1. The SMILES string of the molecule is C#Cc1cc2c(cc1CC(=O)O)N(CCNC(=O)OC)C(=O)[C@@H](C)O2. The maximum atomic E-state index is 12.4. The van der Waals surface area contributed by atoms with E-state index in [1.54, 1.807) is 19.1 Å². The molecule has 2 rings (SSSR count). The molecule has 2 N–H and O–H groups in total. The van der Waals surface area contributed by atoms with Crippen molar-refractivity contribution in [2.45, 2.75) is 19.4 Å². The molecule has 1 aromatic carbocycles. The Morgan fingerprint density at radius 1 is 1.48 bits per heavy atom. The van der Waals surface area contributed by atoms with Crippen LogP contribution in [0.3, 0.4) is 0 Å². The molecule has 1 heterocycles. The van der Waals surface area contributed by atoms with Crippen molar-refractivity contribution < 1.29 is 29.0 Å². The summed E-state index contributed by atoms with van der Waals surface area (Å²) >= 11 is 0. The number of alkyl carbamates (subject to hydrolysis) is 1. The largest absolute Gasteiger partial charge is 0.481 e. The monoisotopic (exact) mass is 346 g/mol. The van der Waals surface area contributed by atoms with Crippen molar-refractivity contribution in [3.05, 3.63) is 23.3 Å². The second kappa shape index (κ2) is 7.57. The summed E-state index contributed by atoms with van der Waals surface area (Å²) < 4.78 is 10.1. The molecule has 0 bridgehead atoms. The lowest BCUT2D eigenvalue weighted by molar-refractivity contribution is -0.136. The number of nitrogens with one attached hydrogen (secondary N) is 1. The molecule has 1 aromatic rings. The molecule has 2 amide bonds. The van der Waals surface area contributed by atoms with Crippen LogP contribution in [0.25, 0.3) is 0 Å². The van der Waals surface area contributed by atoms with Crippen LogP contribution in [0.4, 0.5) is 10.5 Å². The highest BCUT2D eigenvalue weighted by Crippen LogP contribution is 2.36. The quantitative estimate of drug-likeness (QED) is 0.763. The number of carbonyl (C=O) groups is 3. The average Bonchev–Trinajstić information content (AvgIpc) is 2.57. The van der Waals surface area contributed by atoms with E-state index >= 15 is 0 Å². The van der Waals surface area contributed by atoms with Crippen LogP contribution in [-0.2, 0) is 20.7 Å². The molecule has 8 nitrogen and oxygen atoms in total. The molecule has 1 atom stereocenters. The molecule has 0 aliphatic carbocycles. The molecular weight excluding hydrogens is 328 g/mol. The lowest BCUT2D eigenvalue weighted by Crippen LogP contribution is -2.47. The Balaban J connectivity index is 2.35. The van der Waals surface area contributed by atoms with E-state index < -0.39 is 18.2 Å². The lowest BCUT2D eigenvalue weighted by atomic mass is 10.0. The number of hydrogen-bond acceptors (Lipinski definition) is 5. The van der Waals surface area contributed by atoms with Gasteiger partial charge in [-0.15, -0.1) is 6.42 Å². The number of nitrogens with zero attached hydrogens (tertiary/aromatic N) is 1. The van der Waals surface area contributed by atoms with E-state index in [4.69, 9.17) is 16.3 Å². The van der Waals surface area contributed by atoms with Gasteiger partial charge in [0.15, 0.2) is 6.10 Å². The van der Waals surface area contributed by atoms with Gasteiger partial charge in [-0.2, -0.15) is 0 Å². The number of fused-ring (bicyclic) bond motifs is 1. The number of aliphatic carboxylic acids is 1. The minimum absolute atomic E-state index is 0.162. The molecule has 0 fully saturated rings. The van der Waals surface area contributed by atoms with Crippen molar-refractivity contribution in [3.63, 3.8) is 0 Å². The minimum atomic E-state index is -1.04. The number of benzene rings is 1. The number of carbonyl (C=O) groups excluding carboxylic acids is 2. The highest BCUT2D eigenvalue weighted by Gasteiger charge is 2.32. The maximum absolute atomic E-state index is 12.4. The number of anilines is 1. The molecule has 0 saturated heterocycles. The zero-order chi connectivity index (χ0) is 18.6. The first-order valence-corrected chi connectivity index (χ1v) is 7.52. The van der Waals surface area contributed by atoms with Gasteiger partial charge in [-0.1, -0.05) is 5.92 Å². The number of rotatable bonds is 5. The van der Waals surface area contributed by atoms with Gasteiger partial charge in [0.1, 0.15) is 5.75 Å². The summed E-state index contributed by atoms with van der Waals surface area (Å²) in [7, 11) is 1.24. The summed E-state index contributed by atoms with van der Waals surface area (Å²) in [5.74, 6) is 1.50. The van der Waals surface area contributed by atoms with Crippen LogP contribution < -0.4 is 15.0 Å². The van der Waals surface area contributed by atoms with Crippen molar-refractivity contribution in [2.75, 3.05) is 25.1 Å². The first-order valence-electron chi connectivity index (χ1n) is 7.52. The number of amides is 2. The smallest absolute Gasteiger partial charge is 0.406 e. The number of methoxy groups -OCH3 is 1. The summed E-state index contributed by atoms with van der Waals surface area (Å²) in [6, 6.07) is 3.10. The van der Waals surface area contributed by atoms with E-state index in [0.29, 0.717) is 22.6 Å². The maximum Gasteiger partial charge on any atom is 0.406 e. The molecule has 0 saturated carbocycles. The second-order valence-electron chi connectivity index (χ2n) is 5.36. The van der Waals surface area contributed by atoms with Crippen molar-refractivity contribution in [1.29, 1.82) is 0 Å². The lowest BCUT2D eigenvalue weighted by Gasteiger charge is -2.33. The summed E-state index contributed by atoms with van der Waals surface area (Å²) in [4.78, 5) is 36.1. The van der Waals surface area contributed by atoms with Gasteiger partial charge in [0.05, 0.1) is 19.2 Å². The number of ether oxygens (including phenoxy) is 2. The predicted molar refractivity (Wildman–Crippen MR) is 88.6 cm³/mol. The third kappa shape index (κ3) is 4.01. The van der Waals surface area contributed by atoms with Gasteiger partial charge in [-0.3, -0.25) is 9.59 Å². The van der Waals surface area contributed by atoms with Crippen LogP contribution >= 0.6 is 0 Å². The van der Waals surface area contributed by atoms with E-state index in [2.05, 4.69) is 16.0 Å². The fourth-order valence-corrected chi connectivity index (χ4v) is 2.51. The Hall–Kier alpha value is -3.21. The van der Waals surface area contributed by atoms with Crippen LogP contribution in [0.15, 0.2) is 12.1 Å². The summed E-state index contributed by atoms with van der Waals surface area (Å²) in [6.07, 6.45) is 3.84. The van der Waals surface area contributed by atoms with Crippen LogP contribution in [0.1, 0.15) is 18.1 Å². The third-order valence-electron chi connectivity index (χ3n) is 3.68. The van der Waals surface area contributed by atoms with Gasteiger partial charge in [-0.25, -0.2) is 4.79 Å². The topological polar surface area (TPSA) is 105 Å². The van der Waals surface area contributed by atoms with Gasteiger partial charge in [0, 0.05) is 18.7 Å². The minimum Gasteiger partial charge on any atom is -0.481 e. The third-order valence-corrected chi connectivity index (χ3v) is 3.68. The molecular formula is C17H18N2O6. The Kier molecular flexibility index (Phi) is 5.49. The van der Waals surface area contributed by atoms with Crippen LogP contribution in [0.5, 0.6) is 5.75 Å². The van der Waals surface area contributed by atoms with Gasteiger partial charge in [-0.05, 0) is 24.6 Å². The Bertz CT molecular complexity index is 752. The van der Waals surface area contributed by atoms with Crippen molar-refractivity contribution >= 4 is 23.7 Å². The van der Waals surface area contributed by atoms with E-state index in [1.807, 2.05) is 0 Å². The van der Waals surface area contributed by atoms with E-state index in [9.17, 15) is 14.4 Å². The summed E-state index contributed by atoms with van der Waals surface area (Å²) in [5.41, 5.74) is 1.23. The fraction of sp³-hybridized carbons (Fsp3) is 0.353. The van der Waals surface area contributed by atoms with E-state index in [0.717, 1.165) is 0 Å². The van der Waals surface area contributed by atoms with Crippen LogP contribution in [-0.4, -0.2) is 49.4 Å². The molecule has 132 valence electrons. The molecule has 0 aromatic heterocycles. The molecule has 8 heteroatoms. The van der Waals surface area contributed by atoms with Crippen LogP contribution in [0.2, 0.25) is 0 Å². The highest BCUT2D eigenvalue weighted by molar-refractivity contribution is 6.00. The first kappa shape index (κ1) is 18.1. The molecule has 1 aliphatic rings. The van der Waals surface area contributed by atoms with Gasteiger partial charge in [0.25, 0.3) is 5.91 Å². The molecule has 25 heavy (non-hydrogen) atoms. The number of hydrogen-bond donors (Lipinski definition) is 2. The normalized spacial score (nSPS) is 15.6. The Morgan fingerprint density at radius 2 is 2.20 bits per heavy atom. The van der Waals surface area contributed by atoms with Gasteiger partial charge < -0.3 is 24.8 Å². The van der Waals surface area contributed by atoms with Crippen molar-refractivity contribution in [3.8, 4) is 18.1 Å².